The van der Waals surface area contributed by atoms with Crippen LogP contribution in [0.4, 0.5) is 0 Å². The molecule has 0 unspecified atom stereocenters. The molecule has 0 rings (SSSR count). The molecule has 0 heterocycles. The fourth-order valence-corrected chi connectivity index (χ4v) is 2.00. The molecule has 0 nitrogen and oxygen atoms in total. The zero-order valence-corrected chi connectivity index (χ0v) is 11.2. The molecule has 0 saturated heterocycles. The first kappa shape index (κ1) is 9.88. The summed E-state index contributed by atoms with van der Waals surface area (Å²) in [6, 6.07) is 0. The van der Waals surface area contributed by atoms with Crippen molar-refractivity contribution in [2.45, 2.75) is 43.7 Å². The number of rotatable bonds is 5. The van der Waals surface area contributed by atoms with Crippen molar-refractivity contribution in [2.24, 2.45) is 5.92 Å². The number of hydrogen-bond donors (Lipinski definition) is 0. The van der Waals surface area contributed by atoms with Crippen LogP contribution in [0.3, 0.4) is 0 Å². The molecule has 0 radical (unpaired) electrons. The summed E-state index contributed by atoms with van der Waals surface area (Å²) < 4.78 is 1.53. The van der Waals surface area contributed by atoms with Crippen molar-refractivity contribution < 1.29 is 0 Å². The third-order valence-electron chi connectivity index (χ3n) is 1.49. The summed E-state index contributed by atoms with van der Waals surface area (Å²) in [6.07, 6.45) is 5.88. The predicted octanol–water partition coefficient (Wildman–Crippen LogP) is 2.25. The molecule has 0 aromatic heterocycles. The van der Waals surface area contributed by atoms with Gasteiger partial charge in [0, 0.05) is 0 Å². The summed E-state index contributed by atoms with van der Waals surface area (Å²) in [5, 5.41) is 0. The van der Waals surface area contributed by atoms with Gasteiger partial charge >= 0.3 is 74.3 Å². The Morgan fingerprint density at radius 3 is 2.22 bits per heavy atom. The maximum absolute atomic E-state index is 2.31. The van der Waals surface area contributed by atoms with Gasteiger partial charge in [0.1, 0.15) is 0 Å². The van der Waals surface area contributed by atoms with Crippen LogP contribution in [-0.2, 0) is 0 Å². The van der Waals surface area contributed by atoms with Crippen molar-refractivity contribution in [1.82, 2.24) is 0 Å². The van der Waals surface area contributed by atoms with Crippen molar-refractivity contribution in [1.29, 1.82) is 0 Å². The third-order valence-corrected chi connectivity index (χ3v) is 3.07. The maximum atomic E-state index is 2.31. The van der Waals surface area contributed by atoms with Crippen molar-refractivity contribution in [3.63, 3.8) is 0 Å². The molecule has 0 atom stereocenters. The molecule has 0 bridgehead atoms. The van der Waals surface area contributed by atoms with Gasteiger partial charge in [-0.3, -0.25) is 0 Å². The zero-order chi connectivity index (χ0) is 7.11. The molecule has 0 aliphatic carbocycles. The molecule has 0 aromatic rings. The van der Waals surface area contributed by atoms with Crippen LogP contribution in [0, 0.1) is 5.92 Å². The van der Waals surface area contributed by atoms with Crippen LogP contribution in [-0.4, -0.2) is 24.7 Å². The Hall–Kier alpha value is 0.883. The van der Waals surface area contributed by atoms with E-state index in [1.165, 1.54) is 54.5 Å². The van der Waals surface area contributed by atoms with Crippen molar-refractivity contribution in [2.75, 3.05) is 0 Å². The fraction of sp³-hybridized carbons (Fsp3) is 1.00. The summed E-state index contributed by atoms with van der Waals surface area (Å²) >= 11 is 1.23. The van der Waals surface area contributed by atoms with E-state index in [0.29, 0.717) is 0 Å². The predicted molar refractivity (Wildman–Crippen MR) is 46.7 cm³/mol. The quantitative estimate of drug-likeness (QED) is 0.538. The summed E-state index contributed by atoms with van der Waals surface area (Å²) in [5.41, 5.74) is 0. The summed E-state index contributed by atoms with van der Waals surface area (Å²) in [6.45, 7) is 4.62. The first-order valence-corrected chi connectivity index (χ1v) is 7.15. The van der Waals surface area contributed by atoms with Crippen LogP contribution in [0.5, 0.6) is 0 Å². The van der Waals surface area contributed by atoms with E-state index < -0.39 is 0 Å². The van der Waals surface area contributed by atoms with Crippen molar-refractivity contribution >= 4 is 24.7 Å². The van der Waals surface area contributed by atoms with Crippen LogP contribution >= 0.6 is 0 Å². The molecule has 0 spiro atoms. The van der Waals surface area contributed by atoms with Gasteiger partial charge in [0.05, 0.1) is 0 Å². The van der Waals surface area contributed by atoms with Gasteiger partial charge in [0.15, 0.2) is 0 Å². The normalized spacial score (nSPS) is 10.7. The van der Waals surface area contributed by atoms with E-state index in [-0.39, 0.29) is 0 Å². The minimum atomic E-state index is 0.918. The standard InChI is InChI=1S/C8H17.Bi.2H/c1-4-5-6-7-8(2)3;;;/h8H,1,4-7H2,2-3H3;;;. The Kier molecular flexibility index (Phi) is 7.68. The second kappa shape index (κ2) is 7.00. The summed E-state index contributed by atoms with van der Waals surface area (Å²) in [4.78, 5) is 0. The molecule has 0 aromatic carbocycles. The monoisotopic (exact) mass is 324 g/mol. The summed E-state index contributed by atoms with van der Waals surface area (Å²) in [5.74, 6) is 0.918. The Morgan fingerprint density at radius 1 is 1.11 bits per heavy atom. The first-order valence-electron chi connectivity index (χ1n) is 3.97. The molecule has 0 fully saturated rings. The molecular formula is C8H19Bi. The van der Waals surface area contributed by atoms with Crippen LogP contribution in [0.25, 0.3) is 0 Å². The second-order valence-electron chi connectivity index (χ2n) is 3.03. The Labute approximate surface area is 74.3 Å². The molecule has 1 heteroatoms. The van der Waals surface area contributed by atoms with Gasteiger partial charge < -0.3 is 0 Å². The van der Waals surface area contributed by atoms with Crippen molar-refractivity contribution in [3.05, 3.63) is 0 Å². The van der Waals surface area contributed by atoms with Crippen LogP contribution in [0.2, 0.25) is 4.13 Å². The number of unbranched alkanes of at least 4 members (excludes halogenated alkanes) is 2. The van der Waals surface area contributed by atoms with E-state index in [1.807, 2.05) is 0 Å². The van der Waals surface area contributed by atoms with E-state index in [4.69, 9.17) is 0 Å². The van der Waals surface area contributed by atoms with Crippen LogP contribution in [0.1, 0.15) is 39.5 Å². The van der Waals surface area contributed by atoms with Gasteiger partial charge in [0.25, 0.3) is 0 Å². The molecular weight excluding hydrogens is 305 g/mol. The van der Waals surface area contributed by atoms with E-state index >= 15 is 0 Å². The van der Waals surface area contributed by atoms with Gasteiger partial charge in [0.2, 0.25) is 0 Å². The molecule has 0 aliphatic rings. The van der Waals surface area contributed by atoms with E-state index in [1.54, 1.807) is 0 Å². The topological polar surface area (TPSA) is 0 Å². The first-order chi connectivity index (χ1) is 4.27. The molecule has 9 heavy (non-hydrogen) atoms. The molecule has 0 aliphatic heterocycles. The Bertz CT molecular complexity index is 50.5. The average molecular weight is 324 g/mol. The van der Waals surface area contributed by atoms with E-state index in [2.05, 4.69) is 13.8 Å². The van der Waals surface area contributed by atoms with Gasteiger partial charge in [-0.25, -0.2) is 0 Å². The Morgan fingerprint density at radius 2 is 1.78 bits per heavy atom. The van der Waals surface area contributed by atoms with Crippen LogP contribution in [0.15, 0.2) is 0 Å². The zero-order valence-electron chi connectivity index (χ0n) is 6.69. The average Bonchev–Trinajstić information content (AvgIpc) is 1.80. The Balaban J connectivity index is 2.75. The SMILES string of the molecule is CC(C)CCCC[CH2][BiH2]. The van der Waals surface area contributed by atoms with Gasteiger partial charge in [-0.15, -0.1) is 0 Å². The molecule has 56 valence electrons. The van der Waals surface area contributed by atoms with Gasteiger partial charge in [-0.2, -0.15) is 0 Å². The van der Waals surface area contributed by atoms with E-state index in [0.717, 1.165) is 5.92 Å². The second-order valence-corrected chi connectivity index (χ2v) is 5.28. The van der Waals surface area contributed by atoms with E-state index in [9.17, 15) is 0 Å². The third kappa shape index (κ3) is 8.88. The van der Waals surface area contributed by atoms with Gasteiger partial charge in [-0.05, 0) is 0 Å². The summed E-state index contributed by atoms with van der Waals surface area (Å²) in [7, 11) is 0. The molecule has 0 N–H and O–H groups in total. The number of hydrogen-bond acceptors (Lipinski definition) is 0. The van der Waals surface area contributed by atoms with Crippen molar-refractivity contribution in [3.8, 4) is 0 Å². The van der Waals surface area contributed by atoms with Crippen LogP contribution < -0.4 is 0 Å². The fourth-order valence-electron chi connectivity index (χ4n) is 0.874. The van der Waals surface area contributed by atoms with Gasteiger partial charge in [-0.1, -0.05) is 0 Å². The molecule has 0 saturated carbocycles. The molecule has 0 amide bonds. The minimum absolute atomic E-state index is 0.918.